The third-order valence-electron chi connectivity index (χ3n) is 3.42. The fraction of sp³-hybridized carbons (Fsp3) is 0.750. The molecule has 2 rings (SSSR count). The largest absolute Gasteiger partial charge is 0.460 e. The van der Waals surface area contributed by atoms with Gasteiger partial charge >= 0.3 is 5.97 Å². The van der Waals surface area contributed by atoms with Crippen LogP contribution < -0.4 is 5.32 Å². The quantitative estimate of drug-likeness (QED) is 0.765. The summed E-state index contributed by atoms with van der Waals surface area (Å²) in [5, 5.41) is 10.2. The molecular weight excluding hydrogens is 232 g/mol. The van der Waals surface area contributed by atoms with Crippen LogP contribution in [0, 0.1) is 0 Å². The van der Waals surface area contributed by atoms with Crippen LogP contribution in [0.2, 0.25) is 0 Å². The second kappa shape index (κ2) is 5.48. The number of nitrogens with zero attached hydrogens (tertiary/aromatic N) is 2. The van der Waals surface area contributed by atoms with Crippen molar-refractivity contribution in [2.75, 3.05) is 19.7 Å². The zero-order chi connectivity index (χ0) is 13.0. The second-order valence-electron chi connectivity index (χ2n) is 4.69. The third kappa shape index (κ3) is 2.38. The van der Waals surface area contributed by atoms with Crippen molar-refractivity contribution in [1.82, 2.24) is 20.5 Å². The molecular formula is C12H20N4O2. The maximum atomic E-state index is 11.6. The lowest BCUT2D eigenvalue weighted by Crippen LogP contribution is -2.30. The van der Waals surface area contributed by atoms with Gasteiger partial charge in [-0.1, -0.05) is 13.3 Å². The molecule has 0 aromatic carbocycles. The summed E-state index contributed by atoms with van der Waals surface area (Å²) in [6.45, 7) is 6.13. The van der Waals surface area contributed by atoms with Crippen LogP contribution in [-0.2, 0) is 10.2 Å². The number of aromatic nitrogens is 3. The zero-order valence-electron chi connectivity index (χ0n) is 11.0. The number of hydrogen-bond donors (Lipinski definition) is 2. The molecule has 1 aromatic rings. The summed E-state index contributed by atoms with van der Waals surface area (Å²) in [4.78, 5) is 15.9. The van der Waals surface area contributed by atoms with Crippen molar-refractivity contribution in [2.24, 2.45) is 0 Å². The molecule has 1 saturated heterocycles. The first-order valence-corrected chi connectivity index (χ1v) is 6.52. The number of carbonyl (C=O) groups is 1. The molecule has 1 aromatic heterocycles. The normalized spacial score (nSPS) is 23.2. The van der Waals surface area contributed by atoms with E-state index in [0.29, 0.717) is 6.61 Å². The van der Waals surface area contributed by atoms with Crippen LogP contribution in [0.3, 0.4) is 0 Å². The highest BCUT2D eigenvalue weighted by Crippen LogP contribution is 2.32. The third-order valence-corrected chi connectivity index (χ3v) is 3.42. The molecule has 0 amide bonds. The average molecular weight is 252 g/mol. The van der Waals surface area contributed by atoms with Crippen LogP contribution in [0.4, 0.5) is 0 Å². The number of esters is 1. The Morgan fingerprint density at radius 2 is 2.33 bits per heavy atom. The van der Waals surface area contributed by atoms with E-state index in [0.717, 1.165) is 38.2 Å². The first-order valence-electron chi connectivity index (χ1n) is 6.52. The molecule has 1 aliphatic heterocycles. The molecule has 6 nitrogen and oxygen atoms in total. The van der Waals surface area contributed by atoms with E-state index in [-0.39, 0.29) is 11.2 Å². The van der Waals surface area contributed by atoms with E-state index in [1.54, 1.807) is 6.92 Å². The van der Waals surface area contributed by atoms with Crippen molar-refractivity contribution in [3.05, 3.63) is 11.6 Å². The molecule has 0 bridgehead atoms. The minimum atomic E-state index is -0.461. The Hall–Kier alpha value is -1.43. The molecule has 0 spiro atoms. The molecule has 1 aliphatic rings. The number of aromatic amines is 1. The fourth-order valence-corrected chi connectivity index (χ4v) is 2.54. The van der Waals surface area contributed by atoms with E-state index in [2.05, 4.69) is 27.4 Å². The van der Waals surface area contributed by atoms with Gasteiger partial charge in [0.15, 0.2) is 0 Å². The van der Waals surface area contributed by atoms with Gasteiger partial charge in [-0.05, 0) is 26.3 Å². The first-order chi connectivity index (χ1) is 8.72. The smallest absolute Gasteiger partial charge is 0.378 e. The monoisotopic (exact) mass is 252 g/mol. The molecule has 1 fully saturated rings. The molecule has 100 valence electrons. The van der Waals surface area contributed by atoms with Gasteiger partial charge < -0.3 is 10.1 Å². The number of nitrogens with one attached hydrogen (secondary N) is 2. The summed E-state index contributed by atoms with van der Waals surface area (Å²) in [5.74, 6) is 0.476. The highest BCUT2D eigenvalue weighted by atomic mass is 16.5. The lowest BCUT2D eigenvalue weighted by molar-refractivity contribution is 0.0512. The molecule has 2 N–H and O–H groups in total. The highest BCUT2D eigenvalue weighted by Gasteiger charge is 2.38. The minimum absolute atomic E-state index is 0.00745. The lowest BCUT2D eigenvalue weighted by Gasteiger charge is -2.24. The van der Waals surface area contributed by atoms with Crippen molar-refractivity contribution in [3.63, 3.8) is 0 Å². The van der Waals surface area contributed by atoms with Crippen molar-refractivity contribution in [3.8, 4) is 0 Å². The Bertz CT molecular complexity index is 410. The Morgan fingerprint density at radius 1 is 1.50 bits per heavy atom. The van der Waals surface area contributed by atoms with E-state index < -0.39 is 5.97 Å². The molecule has 18 heavy (non-hydrogen) atoms. The maximum absolute atomic E-state index is 11.6. The van der Waals surface area contributed by atoms with Gasteiger partial charge in [0.2, 0.25) is 0 Å². The molecule has 0 radical (unpaired) electrons. The van der Waals surface area contributed by atoms with Crippen LogP contribution in [0.1, 0.15) is 49.6 Å². The van der Waals surface area contributed by atoms with Crippen molar-refractivity contribution < 1.29 is 9.53 Å². The molecule has 6 heteroatoms. The molecule has 0 saturated carbocycles. The number of ether oxygens (including phenoxy) is 1. The Labute approximate surface area is 107 Å². The van der Waals surface area contributed by atoms with Crippen molar-refractivity contribution in [2.45, 2.75) is 38.5 Å². The summed E-state index contributed by atoms with van der Waals surface area (Å²) in [7, 11) is 0. The van der Waals surface area contributed by atoms with Gasteiger partial charge in [0, 0.05) is 12.0 Å². The second-order valence-corrected chi connectivity index (χ2v) is 4.69. The number of hydrogen-bond acceptors (Lipinski definition) is 5. The highest BCUT2D eigenvalue weighted by molar-refractivity contribution is 5.84. The van der Waals surface area contributed by atoms with Gasteiger partial charge in [-0.25, -0.2) is 9.78 Å². The number of carbonyl (C=O) groups excluding carboxylic acids is 1. The molecule has 1 unspecified atom stereocenters. The van der Waals surface area contributed by atoms with Gasteiger partial charge in [0.1, 0.15) is 5.82 Å². The number of rotatable bonds is 5. The number of H-pyrrole nitrogens is 1. The summed E-state index contributed by atoms with van der Waals surface area (Å²) in [6, 6.07) is 0. The average Bonchev–Trinajstić information content (AvgIpc) is 2.98. The van der Waals surface area contributed by atoms with Gasteiger partial charge in [0.05, 0.1) is 6.61 Å². The van der Waals surface area contributed by atoms with E-state index >= 15 is 0 Å². The predicted molar refractivity (Wildman–Crippen MR) is 66.4 cm³/mol. The van der Waals surface area contributed by atoms with Crippen LogP contribution >= 0.6 is 0 Å². The van der Waals surface area contributed by atoms with E-state index in [9.17, 15) is 4.79 Å². The van der Waals surface area contributed by atoms with Crippen molar-refractivity contribution in [1.29, 1.82) is 0 Å². The molecule has 1 atom stereocenters. The van der Waals surface area contributed by atoms with Gasteiger partial charge in [-0.2, -0.15) is 0 Å². The van der Waals surface area contributed by atoms with Crippen LogP contribution in [0.15, 0.2) is 0 Å². The topological polar surface area (TPSA) is 79.9 Å². The zero-order valence-corrected chi connectivity index (χ0v) is 11.0. The summed E-state index contributed by atoms with van der Waals surface area (Å²) < 4.78 is 4.90. The first kappa shape index (κ1) is 13.0. The molecule has 0 aliphatic carbocycles. The van der Waals surface area contributed by atoms with Crippen LogP contribution in [-0.4, -0.2) is 40.8 Å². The minimum Gasteiger partial charge on any atom is -0.460 e. The van der Waals surface area contributed by atoms with Crippen LogP contribution in [0.5, 0.6) is 0 Å². The predicted octanol–water partition coefficient (Wildman–Crippen LogP) is 1.01. The fourth-order valence-electron chi connectivity index (χ4n) is 2.54. The maximum Gasteiger partial charge on any atom is 0.378 e. The van der Waals surface area contributed by atoms with E-state index in [1.165, 1.54) is 0 Å². The Kier molecular flexibility index (Phi) is 3.96. The van der Waals surface area contributed by atoms with Gasteiger partial charge in [-0.15, -0.1) is 5.10 Å². The summed E-state index contributed by atoms with van der Waals surface area (Å²) in [5.41, 5.74) is -0.00745. The standard InChI is InChI=1S/C12H20N4O2/c1-3-5-12(6-7-13-8-12)11-14-9(15-16-11)10(17)18-4-2/h13H,3-8H2,1-2H3,(H,14,15,16). The Morgan fingerprint density at radius 3 is 2.94 bits per heavy atom. The van der Waals surface area contributed by atoms with E-state index in [1.807, 2.05) is 0 Å². The summed E-state index contributed by atoms with van der Waals surface area (Å²) >= 11 is 0. The summed E-state index contributed by atoms with van der Waals surface area (Å²) in [6.07, 6.45) is 3.15. The SMILES string of the molecule is CCCC1(c2nc(C(=O)OCC)n[nH]2)CCNC1. The van der Waals surface area contributed by atoms with E-state index in [4.69, 9.17) is 4.74 Å². The molecule has 2 heterocycles. The van der Waals surface area contributed by atoms with Crippen molar-refractivity contribution >= 4 is 5.97 Å². The Balaban J connectivity index is 2.19. The lowest BCUT2D eigenvalue weighted by atomic mass is 9.82. The van der Waals surface area contributed by atoms with Gasteiger partial charge in [0.25, 0.3) is 5.82 Å². The van der Waals surface area contributed by atoms with Gasteiger partial charge in [-0.3, -0.25) is 5.10 Å². The van der Waals surface area contributed by atoms with Crippen LogP contribution in [0.25, 0.3) is 0 Å².